The first-order valence-corrected chi connectivity index (χ1v) is 7.50. The summed E-state index contributed by atoms with van der Waals surface area (Å²) < 4.78 is 30.0. The van der Waals surface area contributed by atoms with Crippen molar-refractivity contribution in [2.75, 3.05) is 0 Å². The molecule has 0 spiro atoms. The average Bonchev–Trinajstić information content (AvgIpc) is 2.93. The fourth-order valence-electron chi connectivity index (χ4n) is 1.94. The quantitative estimate of drug-likeness (QED) is 0.856. The summed E-state index contributed by atoms with van der Waals surface area (Å²) in [5, 5.41) is 5.61. The third-order valence-electron chi connectivity index (χ3n) is 3.16. The monoisotopic (exact) mass is 339 g/mol. The van der Waals surface area contributed by atoms with E-state index in [1.54, 1.807) is 11.4 Å². The molecule has 9 heteroatoms. The number of alkyl halides is 2. The molecule has 1 fully saturated rings. The van der Waals surface area contributed by atoms with Crippen molar-refractivity contribution in [3.63, 3.8) is 0 Å². The van der Waals surface area contributed by atoms with Crippen molar-refractivity contribution in [1.29, 1.82) is 0 Å². The second-order valence-corrected chi connectivity index (χ2v) is 6.37. The Balaban J connectivity index is 0.00000147. The minimum absolute atomic E-state index is 0. The van der Waals surface area contributed by atoms with Gasteiger partial charge in [0.25, 0.3) is 11.6 Å². The molecule has 0 atom stereocenters. The molecule has 2 aromatic rings. The van der Waals surface area contributed by atoms with Crippen LogP contribution in [0.15, 0.2) is 20.9 Å². The summed E-state index contributed by atoms with van der Waals surface area (Å²) in [5.74, 6) is -1.73. The van der Waals surface area contributed by atoms with Crippen molar-refractivity contribution < 1.29 is 13.3 Å². The van der Waals surface area contributed by atoms with Crippen LogP contribution in [-0.4, -0.2) is 15.9 Å². The van der Waals surface area contributed by atoms with Gasteiger partial charge in [-0.3, -0.25) is 0 Å². The lowest BCUT2D eigenvalue weighted by Gasteiger charge is -2.34. The lowest BCUT2D eigenvalue weighted by Crippen LogP contribution is -2.44. The summed E-state index contributed by atoms with van der Waals surface area (Å²) in [6.45, 7) is 0. The number of nitrogens with two attached hydrogens (primary N) is 1. The van der Waals surface area contributed by atoms with Crippen molar-refractivity contribution >= 4 is 35.5 Å². The van der Waals surface area contributed by atoms with Crippen molar-refractivity contribution in [2.45, 2.75) is 35.5 Å². The van der Waals surface area contributed by atoms with Gasteiger partial charge in [0.05, 0.1) is 5.54 Å². The van der Waals surface area contributed by atoms with Gasteiger partial charge in [-0.25, -0.2) is 0 Å². The van der Waals surface area contributed by atoms with E-state index in [0.717, 1.165) is 19.3 Å². The van der Waals surface area contributed by atoms with Crippen LogP contribution in [0.25, 0.3) is 10.8 Å². The Morgan fingerprint density at radius 3 is 2.80 bits per heavy atom. The first kappa shape index (κ1) is 15.7. The van der Waals surface area contributed by atoms with Gasteiger partial charge in [-0.05, 0) is 30.7 Å². The van der Waals surface area contributed by atoms with E-state index in [1.165, 1.54) is 11.3 Å². The molecule has 0 saturated heterocycles. The van der Waals surface area contributed by atoms with Crippen LogP contribution >= 0.6 is 35.5 Å². The molecule has 20 heavy (non-hydrogen) atoms. The van der Waals surface area contributed by atoms with E-state index in [0.29, 0.717) is 27.4 Å². The van der Waals surface area contributed by atoms with Crippen LogP contribution in [0, 0.1) is 0 Å². The normalized spacial score (nSPS) is 16.8. The fraction of sp³-hybridized carbons (Fsp3) is 0.455. The maximum absolute atomic E-state index is 12.4. The van der Waals surface area contributed by atoms with Crippen LogP contribution in [0.2, 0.25) is 0 Å². The number of nitrogens with zero attached hydrogens (tertiary/aromatic N) is 2. The van der Waals surface area contributed by atoms with Crippen molar-refractivity contribution in [3.8, 4) is 10.8 Å². The highest BCUT2D eigenvalue weighted by molar-refractivity contribution is 7.99. The van der Waals surface area contributed by atoms with Gasteiger partial charge < -0.3 is 10.3 Å². The lowest BCUT2D eigenvalue weighted by atomic mass is 9.77. The van der Waals surface area contributed by atoms with Crippen LogP contribution < -0.4 is 5.73 Å². The third-order valence-corrected chi connectivity index (χ3v) is 4.96. The second kappa shape index (κ2) is 5.97. The summed E-state index contributed by atoms with van der Waals surface area (Å²) >= 11 is 1.78. The summed E-state index contributed by atoms with van der Waals surface area (Å²) in [7, 11) is 0. The molecule has 0 unspecified atom stereocenters. The average molecular weight is 340 g/mol. The Morgan fingerprint density at radius 2 is 2.20 bits per heavy atom. The van der Waals surface area contributed by atoms with Gasteiger partial charge in [-0.1, -0.05) is 16.9 Å². The van der Waals surface area contributed by atoms with Crippen LogP contribution in [-0.2, 0) is 5.54 Å². The summed E-state index contributed by atoms with van der Waals surface area (Å²) in [5.41, 5.74) is 5.60. The van der Waals surface area contributed by atoms with E-state index in [-0.39, 0.29) is 18.3 Å². The van der Waals surface area contributed by atoms with E-state index >= 15 is 0 Å². The van der Waals surface area contributed by atoms with E-state index in [4.69, 9.17) is 10.3 Å². The molecule has 1 saturated carbocycles. The van der Waals surface area contributed by atoms with Crippen molar-refractivity contribution in [3.05, 3.63) is 17.3 Å². The summed E-state index contributed by atoms with van der Waals surface area (Å²) in [4.78, 5) is 5.29. The molecule has 0 bridgehead atoms. The molecule has 1 aliphatic carbocycles. The predicted octanol–water partition coefficient (Wildman–Crippen LogP) is 3.87. The van der Waals surface area contributed by atoms with Gasteiger partial charge in [0.2, 0.25) is 0 Å². The largest absolute Gasteiger partial charge is 0.333 e. The Bertz CT molecular complexity index is 586. The number of hydrogen-bond donors (Lipinski definition) is 1. The molecule has 1 aliphatic rings. The first-order chi connectivity index (χ1) is 9.08. The van der Waals surface area contributed by atoms with Crippen LogP contribution in [0.4, 0.5) is 8.78 Å². The molecule has 0 aliphatic heterocycles. The maximum Gasteiger partial charge on any atom is 0.288 e. The SMILES string of the molecule is Cl.NC1(c2noc(-c3sccc3SC(F)F)n2)CCC1. The predicted molar refractivity (Wildman–Crippen MR) is 76.4 cm³/mol. The van der Waals surface area contributed by atoms with Crippen LogP contribution in [0.5, 0.6) is 0 Å². The highest BCUT2D eigenvalue weighted by atomic mass is 35.5. The summed E-state index contributed by atoms with van der Waals surface area (Å²) in [6.07, 6.45) is 2.70. The van der Waals surface area contributed by atoms with Gasteiger partial charge >= 0.3 is 0 Å². The Hall–Kier alpha value is -0.700. The van der Waals surface area contributed by atoms with Gasteiger partial charge in [0.1, 0.15) is 4.88 Å². The number of thioether (sulfide) groups is 1. The van der Waals surface area contributed by atoms with Gasteiger partial charge in [0.15, 0.2) is 5.82 Å². The van der Waals surface area contributed by atoms with E-state index < -0.39 is 11.3 Å². The molecule has 4 nitrogen and oxygen atoms in total. The number of hydrogen-bond acceptors (Lipinski definition) is 6. The summed E-state index contributed by atoms with van der Waals surface area (Å²) in [6, 6.07) is 1.63. The maximum atomic E-state index is 12.4. The zero-order chi connectivity index (χ0) is 13.5. The van der Waals surface area contributed by atoms with Gasteiger partial charge in [0, 0.05) is 4.90 Å². The molecule has 110 valence electrons. The number of halogens is 3. The number of aromatic nitrogens is 2. The highest BCUT2D eigenvalue weighted by Gasteiger charge is 2.39. The number of rotatable bonds is 4. The molecule has 0 radical (unpaired) electrons. The standard InChI is InChI=1S/C11H11F2N3OS2.ClH/c12-10(13)19-6-2-5-18-7(6)8-15-9(16-17-8)11(14)3-1-4-11;/h2,5,10H,1,3-4,14H2;1H. The third kappa shape index (κ3) is 2.83. The lowest BCUT2D eigenvalue weighted by molar-refractivity contribution is 0.229. The van der Waals surface area contributed by atoms with Crippen LogP contribution in [0.1, 0.15) is 25.1 Å². The highest BCUT2D eigenvalue weighted by Crippen LogP contribution is 2.41. The zero-order valence-corrected chi connectivity index (χ0v) is 12.7. The van der Waals surface area contributed by atoms with E-state index in [2.05, 4.69) is 10.1 Å². The molecule has 0 aromatic carbocycles. The van der Waals surface area contributed by atoms with Crippen molar-refractivity contribution in [2.24, 2.45) is 5.73 Å². The Morgan fingerprint density at radius 1 is 1.45 bits per heavy atom. The van der Waals surface area contributed by atoms with E-state index in [9.17, 15) is 8.78 Å². The number of thiophene rings is 1. The first-order valence-electron chi connectivity index (χ1n) is 5.74. The second-order valence-electron chi connectivity index (χ2n) is 4.43. The minimum atomic E-state index is -2.47. The smallest absolute Gasteiger partial charge is 0.288 e. The Kier molecular flexibility index (Phi) is 4.68. The molecule has 3 rings (SSSR count). The van der Waals surface area contributed by atoms with Gasteiger partial charge in [-0.15, -0.1) is 23.7 Å². The molecular formula is C11H12ClF2N3OS2. The van der Waals surface area contributed by atoms with Crippen LogP contribution in [0.3, 0.4) is 0 Å². The molecule has 0 amide bonds. The van der Waals surface area contributed by atoms with Gasteiger partial charge in [-0.2, -0.15) is 13.8 Å². The molecule has 2 heterocycles. The molecule has 2 N–H and O–H groups in total. The van der Waals surface area contributed by atoms with Crippen molar-refractivity contribution in [1.82, 2.24) is 10.1 Å². The molecular weight excluding hydrogens is 328 g/mol. The minimum Gasteiger partial charge on any atom is -0.333 e. The molecule has 2 aromatic heterocycles. The zero-order valence-electron chi connectivity index (χ0n) is 10.2. The Labute approximate surface area is 128 Å². The topological polar surface area (TPSA) is 64.9 Å². The fourth-order valence-corrected chi connectivity index (χ4v) is 3.56. The van der Waals surface area contributed by atoms with E-state index in [1.807, 2.05) is 0 Å².